The van der Waals surface area contributed by atoms with Gasteiger partial charge in [0.2, 0.25) is 0 Å². The monoisotopic (exact) mass is 466 g/mol. The highest BCUT2D eigenvalue weighted by Crippen LogP contribution is 2.44. The second-order valence-electron chi connectivity index (χ2n) is 9.42. The van der Waals surface area contributed by atoms with E-state index in [0.29, 0.717) is 13.0 Å². The van der Waals surface area contributed by atoms with Crippen LogP contribution < -0.4 is 10.6 Å². The van der Waals surface area contributed by atoms with E-state index in [9.17, 15) is 14.4 Å². The van der Waals surface area contributed by atoms with Crippen LogP contribution in [0.25, 0.3) is 11.1 Å². The fourth-order valence-electron chi connectivity index (χ4n) is 4.67. The minimum atomic E-state index is -0.922. The van der Waals surface area contributed by atoms with Gasteiger partial charge in [-0.05, 0) is 48.9 Å². The molecular weight excluding hydrogens is 436 g/mol. The van der Waals surface area contributed by atoms with Crippen molar-refractivity contribution < 1.29 is 29.0 Å². The molecule has 1 heterocycles. The summed E-state index contributed by atoms with van der Waals surface area (Å²) in [6.07, 6.45) is -0.742. The second-order valence-corrected chi connectivity index (χ2v) is 9.42. The number of hydrogen-bond acceptors (Lipinski definition) is 5. The van der Waals surface area contributed by atoms with Gasteiger partial charge in [-0.15, -0.1) is 0 Å². The standard InChI is InChI=1S/C26H30N2O6/c1-26(2,13-11-22(29)30)28-24(31)23-21(12-14-33-23)27-25(32)34-15-20-18-9-5-3-7-16(18)17-8-4-6-10-19(17)20/h3-10,20-21,23H,11-15H2,1-2H3,(H,27,32)(H,28,31)(H,29,30)/t21-,23+/m1/s1. The Balaban J connectivity index is 1.34. The van der Waals surface area contributed by atoms with E-state index in [2.05, 4.69) is 34.9 Å². The van der Waals surface area contributed by atoms with Crippen molar-refractivity contribution in [1.29, 1.82) is 0 Å². The number of benzene rings is 2. The molecule has 4 rings (SSSR count). The summed E-state index contributed by atoms with van der Waals surface area (Å²) in [5.74, 6) is -1.35. The third kappa shape index (κ3) is 5.22. The zero-order valence-electron chi connectivity index (χ0n) is 19.4. The summed E-state index contributed by atoms with van der Waals surface area (Å²) in [5.41, 5.74) is 3.84. The Hall–Kier alpha value is -3.39. The van der Waals surface area contributed by atoms with Gasteiger partial charge in [-0.2, -0.15) is 0 Å². The Bertz CT molecular complexity index is 1040. The van der Waals surface area contributed by atoms with Gasteiger partial charge in [0.1, 0.15) is 6.61 Å². The number of rotatable bonds is 8. The fourth-order valence-corrected chi connectivity index (χ4v) is 4.67. The van der Waals surface area contributed by atoms with Gasteiger partial charge in [0.05, 0.1) is 6.04 Å². The molecule has 0 spiro atoms. The number of aliphatic carboxylic acids is 1. The van der Waals surface area contributed by atoms with Crippen LogP contribution in [-0.4, -0.2) is 54.0 Å². The Morgan fingerprint density at radius 3 is 2.29 bits per heavy atom. The molecule has 0 unspecified atom stereocenters. The molecule has 0 aromatic heterocycles. The van der Waals surface area contributed by atoms with Gasteiger partial charge in [0, 0.05) is 24.5 Å². The van der Waals surface area contributed by atoms with E-state index in [1.54, 1.807) is 13.8 Å². The quantitative estimate of drug-likeness (QED) is 0.549. The van der Waals surface area contributed by atoms with Crippen LogP contribution in [0.5, 0.6) is 0 Å². The maximum Gasteiger partial charge on any atom is 0.407 e. The van der Waals surface area contributed by atoms with E-state index in [0.717, 1.165) is 22.3 Å². The van der Waals surface area contributed by atoms with Crippen molar-refractivity contribution in [1.82, 2.24) is 10.6 Å². The number of carbonyl (C=O) groups is 3. The first-order valence-corrected chi connectivity index (χ1v) is 11.5. The largest absolute Gasteiger partial charge is 0.481 e. The summed E-state index contributed by atoms with van der Waals surface area (Å²) in [6, 6.07) is 15.7. The summed E-state index contributed by atoms with van der Waals surface area (Å²) in [5, 5.41) is 14.5. The third-order valence-corrected chi connectivity index (χ3v) is 6.42. The number of amides is 2. The lowest BCUT2D eigenvalue weighted by Crippen LogP contribution is -2.53. The normalized spacial score (nSPS) is 19.2. The van der Waals surface area contributed by atoms with E-state index in [4.69, 9.17) is 14.6 Å². The Kier molecular flexibility index (Phi) is 6.88. The molecule has 0 radical (unpaired) electrons. The molecule has 0 saturated carbocycles. The van der Waals surface area contributed by atoms with E-state index >= 15 is 0 Å². The lowest BCUT2D eigenvalue weighted by Gasteiger charge is -2.28. The molecule has 3 N–H and O–H groups in total. The average molecular weight is 467 g/mol. The van der Waals surface area contributed by atoms with E-state index in [1.807, 2.05) is 24.3 Å². The summed E-state index contributed by atoms with van der Waals surface area (Å²) >= 11 is 0. The Labute approximate surface area is 198 Å². The number of carboxylic acid groups (broad SMARTS) is 1. The maximum absolute atomic E-state index is 12.8. The summed E-state index contributed by atoms with van der Waals surface area (Å²) in [6.45, 7) is 4.04. The van der Waals surface area contributed by atoms with Crippen LogP contribution in [0.3, 0.4) is 0 Å². The molecule has 8 heteroatoms. The molecule has 34 heavy (non-hydrogen) atoms. The van der Waals surface area contributed by atoms with E-state index in [1.165, 1.54) is 0 Å². The van der Waals surface area contributed by atoms with Crippen LogP contribution in [0.15, 0.2) is 48.5 Å². The van der Waals surface area contributed by atoms with Crippen molar-refractivity contribution in [2.75, 3.05) is 13.2 Å². The fraction of sp³-hybridized carbons (Fsp3) is 0.423. The molecule has 180 valence electrons. The first kappa shape index (κ1) is 23.8. The van der Waals surface area contributed by atoms with Crippen molar-refractivity contribution in [3.8, 4) is 11.1 Å². The molecule has 8 nitrogen and oxygen atoms in total. The number of hydrogen-bond donors (Lipinski definition) is 3. The molecule has 2 aliphatic rings. The molecule has 1 fully saturated rings. The lowest BCUT2D eigenvalue weighted by atomic mass is 9.97. The van der Waals surface area contributed by atoms with Crippen molar-refractivity contribution in [2.24, 2.45) is 0 Å². The zero-order chi connectivity index (χ0) is 24.3. The van der Waals surface area contributed by atoms with Crippen LogP contribution in [0.4, 0.5) is 4.79 Å². The van der Waals surface area contributed by atoms with Crippen molar-refractivity contribution in [3.63, 3.8) is 0 Å². The minimum absolute atomic E-state index is 0.0490. The van der Waals surface area contributed by atoms with Gasteiger partial charge in [-0.25, -0.2) is 4.79 Å². The summed E-state index contributed by atoms with van der Waals surface area (Å²) < 4.78 is 11.2. The molecule has 2 aromatic rings. The highest BCUT2D eigenvalue weighted by atomic mass is 16.6. The molecule has 1 saturated heterocycles. The maximum atomic E-state index is 12.8. The average Bonchev–Trinajstić information content (AvgIpc) is 3.39. The topological polar surface area (TPSA) is 114 Å². The van der Waals surface area contributed by atoms with Crippen LogP contribution in [-0.2, 0) is 19.1 Å². The number of alkyl carbamates (subject to hydrolysis) is 1. The lowest BCUT2D eigenvalue weighted by molar-refractivity contribution is -0.138. The van der Waals surface area contributed by atoms with Crippen LogP contribution in [0, 0.1) is 0 Å². The first-order valence-electron chi connectivity index (χ1n) is 11.5. The van der Waals surface area contributed by atoms with Gasteiger partial charge in [0.25, 0.3) is 5.91 Å². The predicted molar refractivity (Wildman–Crippen MR) is 125 cm³/mol. The van der Waals surface area contributed by atoms with Crippen LogP contribution in [0.2, 0.25) is 0 Å². The van der Waals surface area contributed by atoms with Crippen molar-refractivity contribution in [3.05, 3.63) is 59.7 Å². The van der Waals surface area contributed by atoms with Gasteiger partial charge in [-0.1, -0.05) is 48.5 Å². The van der Waals surface area contributed by atoms with E-state index in [-0.39, 0.29) is 31.3 Å². The molecule has 0 bridgehead atoms. The van der Waals surface area contributed by atoms with Crippen molar-refractivity contribution in [2.45, 2.75) is 56.7 Å². The second kappa shape index (κ2) is 9.85. The third-order valence-electron chi connectivity index (χ3n) is 6.42. The first-order chi connectivity index (χ1) is 16.2. The van der Waals surface area contributed by atoms with Gasteiger partial charge in [0.15, 0.2) is 6.10 Å². The van der Waals surface area contributed by atoms with Gasteiger partial charge < -0.3 is 25.2 Å². The molecule has 2 aromatic carbocycles. The molecule has 1 aliphatic carbocycles. The smallest absolute Gasteiger partial charge is 0.407 e. The summed E-state index contributed by atoms with van der Waals surface area (Å²) in [4.78, 5) is 36.2. The van der Waals surface area contributed by atoms with Gasteiger partial charge in [-0.3, -0.25) is 9.59 Å². The highest BCUT2D eigenvalue weighted by Gasteiger charge is 2.38. The van der Waals surface area contributed by atoms with E-state index < -0.39 is 29.7 Å². The Morgan fingerprint density at radius 2 is 1.68 bits per heavy atom. The number of nitrogens with one attached hydrogen (secondary N) is 2. The van der Waals surface area contributed by atoms with Crippen molar-refractivity contribution >= 4 is 18.0 Å². The SMILES string of the molecule is CC(C)(CCC(=O)O)NC(=O)[C@H]1OCC[C@H]1NC(=O)OCC1c2ccccc2-c2ccccc21. The minimum Gasteiger partial charge on any atom is -0.481 e. The molecule has 2 amide bonds. The predicted octanol–water partition coefficient (Wildman–Crippen LogP) is 3.44. The Morgan fingerprint density at radius 1 is 1.06 bits per heavy atom. The van der Waals surface area contributed by atoms with Crippen LogP contribution >= 0.6 is 0 Å². The number of carboxylic acids is 1. The van der Waals surface area contributed by atoms with Crippen LogP contribution in [0.1, 0.15) is 50.2 Å². The van der Waals surface area contributed by atoms with Gasteiger partial charge >= 0.3 is 12.1 Å². The zero-order valence-corrected chi connectivity index (χ0v) is 19.4. The summed E-state index contributed by atoms with van der Waals surface area (Å²) in [7, 11) is 0. The number of fused-ring (bicyclic) bond motifs is 3. The molecule has 1 aliphatic heterocycles. The molecular formula is C26H30N2O6. The molecule has 2 atom stereocenters. The number of carbonyl (C=O) groups excluding carboxylic acids is 2. The highest BCUT2D eigenvalue weighted by molar-refractivity contribution is 5.83. The number of ether oxygens (including phenoxy) is 2.